The molecule has 0 aliphatic heterocycles. The Kier molecular flexibility index (Phi) is 7.55. The number of imide groups is 1. The maximum absolute atomic E-state index is 13.3. The van der Waals surface area contributed by atoms with Crippen LogP contribution in [0.25, 0.3) is 0 Å². The zero-order chi connectivity index (χ0) is 21.6. The van der Waals surface area contributed by atoms with Gasteiger partial charge in [0.05, 0.1) is 19.5 Å². The van der Waals surface area contributed by atoms with Gasteiger partial charge < -0.3 is 10.6 Å². The Morgan fingerprint density at radius 3 is 2.10 bits per heavy atom. The monoisotopic (exact) mass is 403 g/mol. The van der Waals surface area contributed by atoms with Gasteiger partial charge in [-0.2, -0.15) is 0 Å². The van der Waals surface area contributed by atoms with E-state index in [4.69, 9.17) is 5.73 Å². The van der Waals surface area contributed by atoms with Crippen LogP contribution in [-0.2, 0) is 27.3 Å². The third-order valence-corrected chi connectivity index (χ3v) is 4.53. The topological polar surface area (TPSA) is 83.7 Å². The molecule has 1 atom stereocenters. The fourth-order valence-corrected chi connectivity index (χ4v) is 2.78. The number of amides is 3. The molecule has 0 fully saturated rings. The zero-order valence-electron chi connectivity index (χ0n) is 16.3. The summed E-state index contributed by atoms with van der Waals surface area (Å²) in [4.78, 5) is 39.8. The molecule has 0 unspecified atom stereocenters. The van der Waals surface area contributed by atoms with E-state index in [1.807, 2.05) is 6.07 Å². The molecule has 0 saturated heterocycles. The SMILES string of the molecule is C[C@@H](C(=O)N(Cc1ccccc1)C(=O)CN)N(C)C(=O)Cc1cc(F)cc(F)c1. The van der Waals surface area contributed by atoms with Crippen molar-refractivity contribution in [3.63, 3.8) is 0 Å². The predicted octanol–water partition coefficient (Wildman–Crippen LogP) is 1.87. The standard InChI is InChI=1S/C21H23F2N3O3/c1-14(25(2)19(27)10-16-8-17(22)11-18(23)9-16)21(29)26(20(28)12-24)13-15-6-4-3-5-7-15/h3-9,11,14H,10,12-13,24H2,1-2H3/t14-/m0/s1. The molecule has 0 aromatic heterocycles. The first kappa shape index (κ1) is 22.2. The van der Waals surface area contributed by atoms with Crippen LogP contribution < -0.4 is 5.73 Å². The third-order valence-electron chi connectivity index (χ3n) is 4.53. The average molecular weight is 403 g/mol. The highest BCUT2D eigenvalue weighted by atomic mass is 19.1. The number of likely N-dealkylation sites (N-methyl/N-ethyl adjacent to an activating group) is 1. The highest BCUT2D eigenvalue weighted by molar-refractivity contribution is 5.99. The maximum Gasteiger partial charge on any atom is 0.252 e. The molecule has 3 amide bonds. The Morgan fingerprint density at radius 1 is 0.966 bits per heavy atom. The number of nitrogens with two attached hydrogens (primary N) is 1. The van der Waals surface area contributed by atoms with Gasteiger partial charge in [0.2, 0.25) is 11.8 Å². The van der Waals surface area contributed by atoms with Crippen molar-refractivity contribution in [3.05, 3.63) is 71.3 Å². The molecule has 0 heterocycles. The van der Waals surface area contributed by atoms with E-state index in [1.165, 1.54) is 14.0 Å². The second-order valence-corrected chi connectivity index (χ2v) is 6.64. The van der Waals surface area contributed by atoms with Crippen molar-refractivity contribution in [3.8, 4) is 0 Å². The highest BCUT2D eigenvalue weighted by Crippen LogP contribution is 2.13. The summed E-state index contributed by atoms with van der Waals surface area (Å²) >= 11 is 0. The van der Waals surface area contributed by atoms with Gasteiger partial charge in [-0.15, -0.1) is 0 Å². The van der Waals surface area contributed by atoms with Crippen LogP contribution in [0.1, 0.15) is 18.1 Å². The van der Waals surface area contributed by atoms with Gasteiger partial charge in [-0.3, -0.25) is 19.3 Å². The van der Waals surface area contributed by atoms with E-state index in [2.05, 4.69) is 0 Å². The van der Waals surface area contributed by atoms with E-state index in [0.29, 0.717) is 6.07 Å². The van der Waals surface area contributed by atoms with E-state index < -0.39 is 35.4 Å². The second kappa shape index (κ2) is 9.88. The Labute approximate surface area is 167 Å². The lowest BCUT2D eigenvalue weighted by atomic mass is 10.1. The van der Waals surface area contributed by atoms with Gasteiger partial charge in [-0.1, -0.05) is 30.3 Å². The fourth-order valence-electron chi connectivity index (χ4n) is 2.78. The van der Waals surface area contributed by atoms with Gasteiger partial charge in [0.15, 0.2) is 0 Å². The van der Waals surface area contributed by atoms with Gasteiger partial charge in [0, 0.05) is 13.1 Å². The lowest BCUT2D eigenvalue weighted by Crippen LogP contribution is -2.51. The smallest absolute Gasteiger partial charge is 0.252 e. The van der Waals surface area contributed by atoms with Crippen LogP contribution in [0.2, 0.25) is 0 Å². The molecule has 29 heavy (non-hydrogen) atoms. The first-order chi connectivity index (χ1) is 13.7. The van der Waals surface area contributed by atoms with Gasteiger partial charge in [-0.05, 0) is 30.2 Å². The minimum atomic E-state index is -0.972. The van der Waals surface area contributed by atoms with Gasteiger partial charge in [0.25, 0.3) is 5.91 Å². The number of halogens is 2. The van der Waals surface area contributed by atoms with Gasteiger partial charge >= 0.3 is 0 Å². The fraction of sp³-hybridized carbons (Fsp3) is 0.286. The number of carbonyl (C=O) groups excluding carboxylic acids is 3. The van der Waals surface area contributed by atoms with Crippen LogP contribution in [0.15, 0.2) is 48.5 Å². The van der Waals surface area contributed by atoms with Crippen molar-refractivity contribution >= 4 is 17.7 Å². The van der Waals surface area contributed by atoms with Crippen molar-refractivity contribution in [2.45, 2.75) is 25.9 Å². The van der Waals surface area contributed by atoms with E-state index >= 15 is 0 Å². The first-order valence-electron chi connectivity index (χ1n) is 9.01. The Bertz CT molecular complexity index is 870. The first-order valence-corrected chi connectivity index (χ1v) is 9.01. The molecule has 0 aliphatic carbocycles. The number of nitrogens with zero attached hydrogens (tertiary/aromatic N) is 2. The molecule has 2 rings (SSSR count). The van der Waals surface area contributed by atoms with Crippen molar-refractivity contribution in [1.82, 2.24) is 9.80 Å². The summed E-state index contributed by atoms with van der Waals surface area (Å²) in [6.07, 6.45) is -0.285. The van der Waals surface area contributed by atoms with E-state index in [9.17, 15) is 23.2 Å². The van der Waals surface area contributed by atoms with Crippen LogP contribution >= 0.6 is 0 Å². The molecule has 0 saturated carbocycles. The van der Waals surface area contributed by atoms with Crippen LogP contribution in [0, 0.1) is 11.6 Å². The molecule has 0 spiro atoms. The van der Waals surface area contributed by atoms with Crippen molar-refractivity contribution in [1.29, 1.82) is 0 Å². The molecule has 2 N–H and O–H groups in total. The van der Waals surface area contributed by atoms with E-state index in [0.717, 1.165) is 27.5 Å². The van der Waals surface area contributed by atoms with Crippen molar-refractivity contribution in [2.24, 2.45) is 5.73 Å². The Hall–Kier alpha value is -3.13. The number of hydrogen-bond acceptors (Lipinski definition) is 4. The maximum atomic E-state index is 13.3. The Balaban J connectivity index is 2.13. The number of rotatable bonds is 7. The van der Waals surface area contributed by atoms with E-state index in [1.54, 1.807) is 24.3 Å². The zero-order valence-corrected chi connectivity index (χ0v) is 16.3. The largest absolute Gasteiger partial charge is 0.334 e. The lowest BCUT2D eigenvalue weighted by molar-refractivity contribution is -0.151. The number of hydrogen-bond donors (Lipinski definition) is 1. The van der Waals surface area contributed by atoms with Crippen LogP contribution in [-0.4, -0.2) is 47.2 Å². The number of carbonyl (C=O) groups is 3. The van der Waals surface area contributed by atoms with Gasteiger partial charge in [-0.25, -0.2) is 8.78 Å². The highest BCUT2D eigenvalue weighted by Gasteiger charge is 2.30. The molecular weight excluding hydrogens is 380 g/mol. The normalized spacial score (nSPS) is 11.6. The molecule has 2 aromatic rings. The molecule has 6 nitrogen and oxygen atoms in total. The van der Waals surface area contributed by atoms with Crippen molar-refractivity contribution < 1.29 is 23.2 Å². The molecule has 154 valence electrons. The molecule has 0 aliphatic rings. The summed E-state index contributed by atoms with van der Waals surface area (Å²) in [6, 6.07) is 10.8. The van der Waals surface area contributed by atoms with Crippen LogP contribution in [0.5, 0.6) is 0 Å². The minimum Gasteiger partial charge on any atom is -0.334 e. The van der Waals surface area contributed by atoms with Crippen LogP contribution in [0.3, 0.4) is 0 Å². The molecule has 2 aromatic carbocycles. The average Bonchev–Trinajstić information content (AvgIpc) is 2.69. The molecule has 0 radical (unpaired) electrons. The summed E-state index contributed by atoms with van der Waals surface area (Å²) in [5.74, 6) is -3.26. The summed E-state index contributed by atoms with van der Waals surface area (Å²) in [7, 11) is 1.40. The lowest BCUT2D eigenvalue weighted by Gasteiger charge is -2.29. The molecule has 8 heteroatoms. The molecular formula is C21H23F2N3O3. The quantitative estimate of drug-likeness (QED) is 0.765. The van der Waals surface area contributed by atoms with Crippen molar-refractivity contribution in [2.75, 3.05) is 13.6 Å². The van der Waals surface area contributed by atoms with Gasteiger partial charge in [0.1, 0.15) is 17.7 Å². The van der Waals surface area contributed by atoms with E-state index in [-0.39, 0.29) is 25.1 Å². The predicted molar refractivity (Wildman–Crippen MR) is 103 cm³/mol. The molecule has 0 bridgehead atoms. The van der Waals surface area contributed by atoms with Crippen LogP contribution in [0.4, 0.5) is 8.78 Å². The summed E-state index contributed by atoms with van der Waals surface area (Å²) < 4.78 is 26.7. The third kappa shape index (κ3) is 5.92. The summed E-state index contributed by atoms with van der Waals surface area (Å²) in [5, 5.41) is 0. The minimum absolute atomic E-state index is 0.0250. The summed E-state index contributed by atoms with van der Waals surface area (Å²) in [5.41, 5.74) is 6.32. The summed E-state index contributed by atoms with van der Waals surface area (Å²) in [6.45, 7) is 1.15. The Morgan fingerprint density at radius 2 is 1.55 bits per heavy atom. The second-order valence-electron chi connectivity index (χ2n) is 6.64. The number of benzene rings is 2.